The zero-order valence-electron chi connectivity index (χ0n) is 11.6. The van der Waals surface area contributed by atoms with Crippen LogP contribution >= 0.6 is 11.3 Å². The van der Waals surface area contributed by atoms with Crippen LogP contribution in [0.4, 0.5) is 0 Å². The summed E-state index contributed by atoms with van der Waals surface area (Å²) < 4.78 is 6.65. The van der Waals surface area contributed by atoms with Crippen LogP contribution in [0.2, 0.25) is 0 Å². The summed E-state index contributed by atoms with van der Waals surface area (Å²) in [6.07, 6.45) is 1.48. The van der Waals surface area contributed by atoms with Crippen molar-refractivity contribution in [3.63, 3.8) is 0 Å². The van der Waals surface area contributed by atoms with E-state index in [0.29, 0.717) is 18.4 Å². The maximum absolute atomic E-state index is 5.35. The van der Waals surface area contributed by atoms with Crippen molar-refractivity contribution in [2.45, 2.75) is 25.8 Å². The highest BCUT2D eigenvalue weighted by molar-refractivity contribution is 7.17. The number of nitrogens with zero attached hydrogens (tertiary/aromatic N) is 2. The molecule has 5 heteroatoms. The summed E-state index contributed by atoms with van der Waals surface area (Å²) in [5, 5.41) is 10.7. The van der Waals surface area contributed by atoms with Gasteiger partial charge in [0.1, 0.15) is 0 Å². The van der Waals surface area contributed by atoms with E-state index < -0.39 is 0 Å². The Morgan fingerprint density at radius 1 is 1.35 bits per heavy atom. The predicted molar refractivity (Wildman–Crippen MR) is 81.2 cm³/mol. The summed E-state index contributed by atoms with van der Waals surface area (Å²) >= 11 is 1.75. The summed E-state index contributed by atoms with van der Waals surface area (Å²) in [7, 11) is 1.93. The molecule has 3 aromatic rings. The first-order valence-electron chi connectivity index (χ1n) is 6.70. The van der Waals surface area contributed by atoms with Gasteiger partial charge in [-0.3, -0.25) is 0 Å². The molecule has 4 nitrogen and oxygen atoms in total. The lowest BCUT2D eigenvalue weighted by atomic mass is 10.1. The van der Waals surface area contributed by atoms with Crippen LogP contribution in [0.5, 0.6) is 0 Å². The van der Waals surface area contributed by atoms with Crippen molar-refractivity contribution < 1.29 is 4.52 Å². The third-order valence-electron chi connectivity index (χ3n) is 3.39. The number of hydrogen-bond donors (Lipinski definition) is 1. The van der Waals surface area contributed by atoms with Gasteiger partial charge in [-0.2, -0.15) is 4.98 Å². The quantitative estimate of drug-likeness (QED) is 0.783. The second-order valence-corrected chi connectivity index (χ2v) is 5.84. The van der Waals surface area contributed by atoms with E-state index >= 15 is 0 Å². The highest BCUT2D eigenvalue weighted by Gasteiger charge is 2.12. The van der Waals surface area contributed by atoms with Crippen molar-refractivity contribution >= 4 is 21.4 Å². The van der Waals surface area contributed by atoms with Gasteiger partial charge in [-0.15, -0.1) is 11.3 Å². The Morgan fingerprint density at radius 2 is 2.20 bits per heavy atom. The molecule has 20 heavy (non-hydrogen) atoms. The minimum absolute atomic E-state index is 0.349. The second-order valence-electron chi connectivity index (χ2n) is 4.93. The molecule has 2 aromatic heterocycles. The fraction of sp³-hybridized carbons (Fsp3) is 0.333. The molecule has 0 aliphatic rings. The summed E-state index contributed by atoms with van der Waals surface area (Å²) in [6.45, 7) is 2.10. The van der Waals surface area contributed by atoms with Crippen LogP contribution < -0.4 is 5.32 Å². The van der Waals surface area contributed by atoms with E-state index in [-0.39, 0.29) is 0 Å². The average Bonchev–Trinajstić information content (AvgIpc) is 3.07. The number of hydrogen-bond acceptors (Lipinski definition) is 5. The molecular formula is C15H17N3OS. The minimum atomic E-state index is 0.349. The SMILES string of the molecule is CNC(C)Cc1noc(Cc2csc3ccccc23)n1. The van der Waals surface area contributed by atoms with Gasteiger partial charge in [0.2, 0.25) is 5.89 Å². The molecule has 3 rings (SSSR count). The van der Waals surface area contributed by atoms with Gasteiger partial charge in [-0.25, -0.2) is 0 Å². The maximum Gasteiger partial charge on any atom is 0.231 e. The van der Waals surface area contributed by atoms with Gasteiger partial charge in [0, 0.05) is 17.2 Å². The average molecular weight is 287 g/mol. The van der Waals surface area contributed by atoms with E-state index in [4.69, 9.17) is 4.52 Å². The topological polar surface area (TPSA) is 51.0 Å². The number of fused-ring (bicyclic) bond motifs is 1. The fourth-order valence-electron chi connectivity index (χ4n) is 2.15. The summed E-state index contributed by atoms with van der Waals surface area (Å²) in [6, 6.07) is 8.75. The van der Waals surface area contributed by atoms with Crippen molar-refractivity contribution in [1.29, 1.82) is 0 Å². The highest BCUT2D eigenvalue weighted by Crippen LogP contribution is 2.27. The smallest absolute Gasteiger partial charge is 0.231 e. The Kier molecular flexibility index (Phi) is 3.80. The normalized spacial score (nSPS) is 12.9. The van der Waals surface area contributed by atoms with Gasteiger partial charge in [0.25, 0.3) is 0 Å². The molecule has 104 valence electrons. The molecule has 1 N–H and O–H groups in total. The number of likely N-dealkylation sites (N-methyl/N-ethyl adjacent to an activating group) is 1. The van der Waals surface area contributed by atoms with Gasteiger partial charge in [-0.1, -0.05) is 23.4 Å². The van der Waals surface area contributed by atoms with Crippen LogP contribution in [0, 0.1) is 0 Å². The standard InChI is InChI=1S/C15H17N3OS/c1-10(16-2)7-14-17-15(19-18-14)8-11-9-20-13-6-4-3-5-12(11)13/h3-6,9-10,16H,7-8H2,1-2H3. The van der Waals surface area contributed by atoms with Crippen LogP contribution in [0.1, 0.15) is 24.2 Å². The zero-order valence-corrected chi connectivity index (χ0v) is 12.4. The molecule has 0 saturated carbocycles. The van der Waals surface area contributed by atoms with Crippen LogP contribution in [-0.2, 0) is 12.8 Å². The van der Waals surface area contributed by atoms with E-state index in [0.717, 1.165) is 12.2 Å². The Hall–Kier alpha value is -1.72. The van der Waals surface area contributed by atoms with Crippen molar-refractivity contribution in [2.24, 2.45) is 0 Å². The molecule has 0 spiro atoms. The molecule has 2 heterocycles. The first-order valence-corrected chi connectivity index (χ1v) is 7.58. The lowest BCUT2D eigenvalue weighted by Crippen LogP contribution is -2.24. The van der Waals surface area contributed by atoms with Crippen molar-refractivity contribution in [3.05, 3.63) is 46.9 Å². The van der Waals surface area contributed by atoms with E-state index in [1.807, 2.05) is 7.05 Å². The van der Waals surface area contributed by atoms with Crippen LogP contribution in [0.25, 0.3) is 10.1 Å². The van der Waals surface area contributed by atoms with Crippen molar-refractivity contribution in [2.75, 3.05) is 7.05 Å². The van der Waals surface area contributed by atoms with Crippen LogP contribution in [-0.4, -0.2) is 23.2 Å². The van der Waals surface area contributed by atoms with Gasteiger partial charge in [0.15, 0.2) is 5.82 Å². The van der Waals surface area contributed by atoms with E-state index in [2.05, 4.69) is 52.0 Å². The lowest BCUT2D eigenvalue weighted by Gasteiger charge is -2.04. The highest BCUT2D eigenvalue weighted by atomic mass is 32.1. The molecule has 1 atom stereocenters. The van der Waals surface area contributed by atoms with Gasteiger partial charge >= 0.3 is 0 Å². The number of benzene rings is 1. The van der Waals surface area contributed by atoms with E-state index in [9.17, 15) is 0 Å². The summed E-state index contributed by atoms with van der Waals surface area (Å²) in [5.74, 6) is 1.45. The summed E-state index contributed by atoms with van der Waals surface area (Å²) in [5.41, 5.74) is 1.25. The molecule has 1 aromatic carbocycles. The fourth-order valence-corrected chi connectivity index (χ4v) is 3.12. The lowest BCUT2D eigenvalue weighted by molar-refractivity contribution is 0.377. The summed E-state index contributed by atoms with van der Waals surface area (Å²) in [4.78, 5) is 4.47. The molecule has 0 aliphatic heterocycles. The molecule has 0 radical (unpaired) electrons. The number of aromatic nitrogens is 2. The van der Waals surface area contributed by atoms with E-state index in [1.54, 1.807) is 11.3 Å². The van der Waals surface area contributed by atoms with Gasteiger partial charge in [-0.05, 0) is 36.4 Å². The van der Waals surface area contributed by atoms with Crippen LogP contribution in [0.15, 0.2) is 34.2 Å². The zero-order chi connectivity index (χ0) is 13.9. The first kappa shape index (κ1) is 13.3. The molecule has 0 aliphatic carbocycles. The Balaban J connectivity index is 1.78. The first-order chi connectivity index (χ1) is 9.76. The molecule has 1 unspecified atom stereocenters. The van der Waals surface area contributed by atoms with Gasteiger partial charge < -0.3 is 9.84 Å². The minimum Gasteiger partial charge on any atom is -0.339 e. The third kappa shape index (κ3) is 2.73. The predicted octanol–water partition coefficient (Wildman–Crippen LogP) is 3.03. The molecule has 0 fully saturated rings. The molecule has 0 bridgehead atoms. The Morgan fingerprint density at radius 3 is 3.05 bits per heavy atom. The Labute approximate surface area is 121 Å². The largest absolute Gasteiger partial charge is 0.339 e. The number of rotatable bonds is 5. The molecule has 0 amide bonds. The Bertz CT molecular complexity index is 704. The van der Waals surface area contributed by atoms with Crippen molar-refractivity contribution in [1.82, 2.24) is 15.5 Å². The number of thiophene rings is 1. The van der Waals surface area contributed by atoms with E-state index in [1.165, 1.54) is 15.6 Å². The monoisotopic (exact) mass is 287 g/mol. The maximum atomic E-state index is 5.35. The number of nitrogens with one attached hydrogen (secondary N) is 1. The second kappa shape index (κ2) is 5.73. The third-order valence-corrected chi connectivity index (χ3v) is 4.41. The van der Waals surface area contributed by atoms with Gasteiger partial charge in [0.05, 0.1) is 6.42 Å². The van der Waals surface area contributed by atoms with Crippen molar-refractivity contribution in [3.8, 4) is 0 Å². The molecular weight excluding hydrogens is 270 g/mol. The van der Waals surface area contributed by atoms with Crippen LogP contribution in [0.3, 0.4) is 0 Å². The molecule has 0 saturated heterocycles.